The molecule has 1 heterocycles. The lowest BCUT2D eigenvalue weighted by atomic mass is 10.1. The topological polar surface area (TPSA) is 68.2 Å². The van der Waals surface area contributed by atoms with Crippen LogP contribution in [0.2, 0.25) is 0 Å². The molecular formula is C16H20ClF3N4O2. The molecule has 0 aliphatic heterocycles. The number of alkyl halides is 3. The maximum atomic E-state index is 12.3. The summed E-state index contributed by atoms with van der Waals surface area (Å²) in [6, 6.07) is 5.53. The van der Waals surface area contributed by atoms with E-state index in [-0.39, 0.29) is 30.6 Å². The van der Waals surface area contributed by atoms with E-state index in [2.05, 4.69) is 20.5 Å². The summed E-state index contributed by atoms with van der Waals surface area (Å²) in [7, 11) is 3.43. The minimum Gasteiger partial charge on any atom is -0.484 e. The van der Waals surface area contributed by atoms with Gasteiger partial charge in [-0.1, -0.05) is 12.1 Å². The highest BCUT2D eigenvalue weighted by molar-refractivity contribution is 5.85. The fraction of sp³-hybridized carbons (Fsp3) is 0.375. The molecule has 0 aliphatic carbocycles. The van der Waals surface area contributed by atoms with Crippen LogP contribution in [-0.4, -0.2) is 35.5 Å². The first-order chi connectivity index (χ1) is 11.8. The first-order valence-electron chi connectivity index (χ1n) is 7.50. The van der Waals surface area contributed by atoms with Gasteiger partial charge in [-0.05, 0) is 24.7 Å². The fourth-order valence-corrected chi connectivity index (χ4v) is 2.20. The van der Waals surface area contributed by atoms with E-state index in [1.54, 1.807) is 43.3 Å². The van der Waals surface area contributed by atoms with Crippen molar-refractivity contribution in [3.8, 4) is 5.75 Å². The van der Waals surface area contributed by atoms with Gasteiger partial charge in [0.15, 0.2) is 6.61 Å². The Kier molecular flexibility index (Phi) is 7.91. The van der Waals surface area contributed by atoms with Crippen LogP contribution in [0.5, 0.6) is 5.75 Å². The summed E-state index contributed by atoms with van der Waals surface area (Å²) in [6.07, 6.45) is -1.03. The van der Waals surface area contributed by atoms with Gasteiger partial charge in [-0.3, -0.25) is 9.48 Å². The van der Waals surface area contributed by atoms with Gasteiger partial charge in [-0.25, -0.2) is 0 Å². The molecule has 1 aromatic heterocycles. The molecule has 1 aromatic carbocycles. The first kappa shape index (κ1) is 21.8. The van der Waals surface area contributed by atoms with E-state index in [1.807, 2.05) is 0 Å². The number of carbonyl (C=O) groups is 1. The second kappa shape index (κ2) is 9.44. The zero-order chi connectivity index (χ0) is 18.4. The summed E-state index contributed by atoms with van der Waals surface area (Å²) in [5.74, 6) is -0.108. The minimum atomic E-state index is -4.37. The largest absolute Gasteiger partial charge is 0.484 e. The Hall–Kier alpha value is -2.26. The zero-order valence-corrected chi connectivity index (χ0v) is 15.0. The lowest BCUT2D eigenvalue weighted by molar-refractivity contribution is -0.153. The number of likely N-dealkylation sites (N-methyl/N-ethyl adjacent to an activating group) is 1. The molecule has 26 heavy (non-hydrogen) atoms. The van der Waals surface area contributed by atoms with Crippen LogP contribution in [0.25, 0.3) is 0 Å². The maximum Gasteiger partial charge on any atom is 0.422 e. The normalized spacial score (nSPS) is 12.2. The van der Waals surface area contributed by atoms with Crippen molar-refractivity contribution in [3.63, 3.8) is 0 Å². The molecule has 0 aliphatic rings. The number of ether oxygens (including phenoxy) is 1. The molecule has 0 saturated heterocycles. The molecule has 0 radical (unpaired) electrons. The molecule has 6 nitrogen and oxygen atoms in total. The van der Waals surface area contributed by atoms with Crippen LogP contribution in [0, 0.1) is 0 Å². The van der Waals surface area contributed by atoms with Gasteiger partial charge in [0.1, 0.15) is 11.8 Å². The van der Waals surface area contributed by atoms with E-state index in [4.69, 9.17) is 0 Å². The Morgan fingerprint density at radius 3 is 2.46 bits per heavy atom. The minimum absolute atomic E-state index is 0. The number of aryl methyl sites for hydroxylation is 1. The second-order valence-corrected chi connectivity index (χ2v) is 5.43. The summed E-state index contributed by atoms with van der Waals surface area (Å²) in [6.45, 7) is -1.09. The van der Waals surface area contributed by atoms with E-state index >= 15 is 0 Å². The number of nitrogens with zero attached hydrogens (tertiary/aromatic N) is 2. The number of halogens is 4. The van der Waals surface area contributed by atoms with Crippen molar-refractivity contribution in [1.29, 1.82) is 0 Å². The standard InChI is InChI=1S/C16H19F3N4O2.ClH/c1-20-14(12-8-22-23(2)9-12)15(24)21-7-11-3-5-13(6-4-11)25-10-16(17,18)19;/h3-6,8-9,14,20H,7,10H2,1-2H3,(H,21,24);1H. The Morgan fingerprint density at radius 1 is 1.31 bits per heavy atom. The Bertz CT molecular complexity index is 704. The molecule has 0 spiro atoms. The Morgan fingerprint density at radius 2 is 1.96 bits per heavy atom. The number of amides is 1. The molecule has 144 valence electrons. The first-order valence-corrected chi connectivity index (χ1v) is 7.50. The quantitative estimate of drug-likeness (QED) is 0.759. The van der Waals surface area contributed by atoms with Crippen molar-refractivity contribution >= 4 is 18.3 Å². The summed E-state index contributed by atoms with van der Waals surface area (Å²) >= 11 is 0. The lowest BCUT2D eigenvalue weighted by Crippen LogP contribution is -2.35. The number of nitrogens with one attached hydrogen (secondary N) is 2. The lowest BCUT2D eigenvalue weighted by Gasteiger charge is -2.15. The van der Waals surface area contributed by atoms with Crippen LogP contribution in [0.15, 0.2) is 36.7 Å². The molecule has 2 rings (SSSR count). The highest BCUT2D eigenvalue weighted by Crippen LogP contribution is 2.19. The number of benzene rings is 1. The molecule has 1 amide bonds. The van der Waals surface area contributed by atoms with Gasteiger partial charge < -0.3 is 15.4 Å². The monoisotopic (exact) mass is 392 g/mol. The molecule has 1 unspecified atom stereocenters. The van der Waals surface area contributed by atoms with Crippen LogP contribution in [0.4, 0.5) is 13.2 Å². The molecule has 0 saturated carbocycles. The van der Waals surface area contributed by atoms with Crippen molar-refractivity contribution in [3.05, 3.63) is 47.8 Å². The van der Waals surface area contributed by atoms with Crippen molar-refractivity contribution in [2.75, 3.05) is 13.7 Å². The molecule has 2 aromatic rings. The van der Waals surface area contributed by atoms with Crippen molar-refractivity contribution in [2.45, 2.75) is 18.8 Å². The van der Waals surface area contributed by atoms with E-state index in [0.717, 1.165) is 11.1 Å². The van der Waals surface area contributed by atoms with Crippen LogP contribution in [0.3, 0.4) is 0 Å². The third kappa shape index (κ3) is 6.57. The third-order valence-corrected chi connectivity index (χ3v) is 3.40. The summed E-state index contributed by atoms with van der Waals surface area (Å²) in [4.78, 5) is 12.3. The summed E-state index contributed by atoms with van der Waals surface area (Å²) in [5.41, 5.74) is 1.48. The van der Waals surface area contributed by atoms with Gasteiger partial charge in [0.05, 0.1) is 6.20 Å². The molecule has 0 bridgehead atoms. The van der Waals surface area contributed by atoms with Gasteiger partial charge in [0.25, 0.3) is 0 Å². The number of rotatable bonds is 7. The highest BCUT2D eigenvalue weighted by atomic mass is 35.5. The van der Waals surface area contributed by atoms with Gasteiger partial charge in [-0.15, -0.1) is 12.4 Å². The molecule has 0 fully saturated rings. The van der Waals surface area contributed by atoms with E-state index in [9.17, 15) is 18.0 Å². The number of aromatic nitrogens is 2. The molecule has 1 atom stereocenters. The number of hydrogen-bond acceptors (Lipinski definition) is 4. The van der Waals surface area contributed by atoms with E-state index in [1.165, 1.54) is 12.1 Å². The van der Waals surface area contributed by atoms with Gasteiger partial charge in [0, 0.05) is 25.4 Å². The Labute approximate surface area is 155 Å². The molecular weight excluding hydrogens is 373 g/mol. The van der Waals surface area contributed by atoms with Gasteiger partial charge in [0.2, 0.25) is 5.91 Å². The summed E-state index contributed by atoms with van der Waals surface area (Å²) in [5, 5.41) is 9.72. The smallest absolute Gasteiger partial charge is 0.422 e. The van der Waals surface area contributed by atoms with Crippen LogP contribution < -0.4 is 15.4 Å². The predicted octanol–water partition coefficient (Wildman–Crippen LogP) is 2.36. The number of carbonyl (C=O) groups excluding carboxylic acids is 1. The Balaban J connectivity index is 0.00000338. The maximum absolute atomic E-state index is 12.3. The molecule has 2 N–H and O–H groups in total. The third-order valence-electron chi connectivity index (χ3n) is 3.40. The highest BCUT2D eigenvalue weighted by Gasteiger charge is 2.28. The average molecular weight is 393 g/mol. The zero-order valence-electron chi connectivity index (χ0n) is 14.2. The van der Waals surface area contributed by atoms with Crippen molar-refractivity contribution < 1.29 is 22.7 Å². The van der Waals surface area contributed by atoms with Crippen molar-refractivity contribution in [1.82, 2.24) is 20.4 Å². The average Bonchev–Trinajstić information content (AvgIpc) is 2.98. The molecule has 10 heteroatoms. The number of hydrogen-bond donors (Lipinski definition) is 2. The SMILES string of the molecule is CNC(C(=O)NCc1ccc(OCC(F)(F)F)cc1)c1cnn(C)c1.Cl. The predicted molar refractivity (Wildman–Crippen MR) is 92.1 cm³/mol. The van der Waals surface area contributed by atoms with Gasteiger partial charge in [-0.2, -0.15) is 18.3 Å². The second-order valence-electron chi connectivity index (χ2n) is 5.43. The van der Waals surface area contributed by atoms with Crippen LogP contribution in [0.1, 0.15) is 17.2 Å². The van der Waals surface area contributed by atoms with Gasteiger partial charge >= 0.3 is 6.18 Å². The van der Waals surface area contributed by atoms with Crippen LogP contribution >= 0.6 is 12.4 Å². The van der Waals surface area contributed by atoms with E-state index in [0.29, 0.717) is 0 Å². The fourth-order valence-electron chi connectivity index (χ4n) is 2.20. The van der Waals surface area contributed by atoms with Crippen molar-refractivity contribution in [2.24, 2.45) is 7.05 Å². The van der Waals surface area contributed by atoms with Crippen LogP contribution in [-0.2, 0) is 18.4 Å². The van der Waals surface area contributed by atoms with E-state index < -0.39 is 18.8 Å². The summed E-state index contributed by atoms with van der Waals surface area (Å²) < 4.78 is 42.5.